The lowest BCUT2D eigenvalue weighted by atomic mass is 10.1. The van der Waals surface area contributed by atoms with Crippen molar-refractivity contribution in [2.75, 3.05) is 6.61 Å². The maximum atomic E-state index is 12.4. The number of nitrogens with zero attached hydrogens (tertiary/aromatic N) is 1. The molecule has 21 heavy (non-hydrogen) atoms. The van der Waals surface area contributed by atoms with Gasteiger partial charge >= 0.3 is 5.97 Å². The molecule has 112 valence electrons. The fourth-order valence-corrected chi connectivity index (χ4v) is 2.40. The van der Waals surface area contributed by atoms with Gasteiger partial charge < -0.3 is 9.14 Å². The lowest BCUT2D eigenvalue weighted by Crippen LogP contribution is -2.03. The monoisotopic (exact) mass is 287 g/mol. The molecule has 0 saturated heterocycles. The molecule has 0 unspecified atom stereocenters. The van der Waals surface area contributed by atoms with Crippen LogP contribution in [0, 0.1) is 0 Å². The fourth-order valence-electron chi connectivity index (χ4n) is 2.40. The van der Waals surface area contributed by atoms with Gasteiger partial charge in [0.05, 0.1) is 23.4 Å². The molecule has 0 spiro atoms. The smallest absolute Gasteiger partial charge is 0.340 e. The van der Waals surface area contributed by atoms with E-state index in [1.807, 2.05) is 24.4 Å². The van der Waals surface area contributed by atoms with Crippen molar-refractivity contribution < 1.29 is 14.3 Å². The van der Waals surface area contributed by atoms with Crippen LogP contribution in [0.1, 0.15) is 60.4 Å². The van der Waals surface area contributed by atoms with Crippen LogP contribution in [0.25, 0.3) is 5.52 Å². The summed E-state index contributed by atoms with van der Waals surface area (Å²) in [6, 6.07) is 7.19. The molecule has 2 aromatic heterocycles. The lowest BCUT2D eigenvalue weighted by Gasteiger charge is -2.02. The van der Waals surface area contributed by atoms with E-state index in [4.69, 9.17) is 4.74 Å². The molecule has 4 nitrogen and oxygen atoms in total. The Morgan fingerprint density at radius 2 is 2.00 bits per heavy atom. The highest BCUT2D eigenvalue weighted by atomic mass is 16.5. The van der Waals surface area contributed by atoms with Gasteiger partial charge in [0, 0.05) is 12.6 Å². The third-order valence-corrected chi connectivity index (χ3v) is 3.46. The minimum atomic E-state index is -0.381. The number of aromatic nitrogens is 1. The topological polar surface area (TPSA) is 47.8 Å². The molecule has 4 heteroatoms. The summed E-state index contributed by atoms with van der Waals surface area (Å²) in [5.74, 6) is -0.311. The number of hydrogen-bond acceptors (Lipinski definition) is 3. The maximum absolute atomic E-state index is 12.4. The Hall–Kier alpha value is -2.10. The molecule has 0 aromatic carbocycles. The molecule has 0 N–H and O–H groups in total. The second kappa shape index (κ2) is 7.07. The van der Waals surface area contributed by atoms with E-state index in [0.717, 1.165) is 24.8 Å². The van der Waals surface area contributed by atoms with Crippen LogP contribution >= 0.6 is 0 Å². The largest absolute Gasteiger partial charge is 0.462 e. The predicted octanol–water partition coefficient (Wildman–Crippen LogP) is 3.88. The van der Waals surface area contributed by atoms with Crippen molar-refractivity contribution in [1.82, 2.24) is 4.40 Å². The SMILES string of the molecule is CCCCCC(=O)c1cc(C(=O)OCC)c2ccccn12. The zero-order chi connectivity index (χ0) is 15.2. The first-order chi connectivity index (χ1) is 10.2. The van der Waals surface area contributed by atoms with E-state index in [1.165, 1.54) is 0 Å². The Balaban J connectivity index is 2.36. The van der Waals surface area contributed by atoms with E-state index in [0.29, 0.717) is 24.3 Å². The Morgan fingerprint density at radius 1 is 1.19 bits per heavy atom. The van der Waals surface area contributed by atoms with Crippen LogP contribution in [0.5, 0.6) is 0 Å². The summed E-state index contributed by atoms with van der Waals surface area (Å²) in [6.45, 7) is 4.20. The minimum Gasteiger partial charge on any atom is -0.462 e. The highest BCUT2D eigenvalue weighted by Gasteiger charge is 2.19. The Bertz CT molecular complexity index is 643. The van der Waals surface area contributed by atoms with Crippen LogP contribution in [-0.2, 0) is 4.74 Å². The zero-order valence-corrected chi connectivity index (χ0v) is 12.6. The van der Waals surface area contributed by atoms with Crippen molar-refractivity contribution in [3.8, 4) is 0 Å². The molecular formula is C17H21NO3. The second-order valence-corrected chi connectivity index (χ2v) is 5.00. The van der Waals surface area contributed by atoms with Crippen LogP contribution in [0.15, 0.2) is 30.5 Å². The van der Waals surface area contributed by atoms with Gasteiger partial charge in [0.15, 0.2) is 5.78 Å². The molecule has 2 aromatic rings. The first-order valence-corrected chi connectivity index (χ1v) is 7.49. The van der Waals surface area contributed by atoms with Gasteiger partial charge in [-0.15, -0.1) is 0 Å². The molecule has 0 saturated carbocycles. The number of unbranched alkanes of at least 4 members (excludes halogenated alkanes) is 2. The van der Waals surface area contributed by atoms with Crippen LogP contribution < -0.4 is 0 Å². The molecular weight excluding hydrogens is 266 g/mol. The van der Waals surface area contributed by atoms with E-state index in [9.17, 15) is 9.59 Å². The van der Waals surface area contributed by atoms with Crippen molar-refractivity contribution in [3.05, 3.63) is 41.7 Å². The van der Waals surface area contributed by atoms with Gasteiger partial charge in [-0.05, 0) is 31.5 Å². The van der Waals surface area contributed by atoms with Crippen LogP contribution in [0.4, 0.5) is 0 Å². The third-order valence-electron chi connectivity index (χ3n) is 3.46. The molecule has 0 aliphatic heterocycles. The number of rotatable bonds is 7. The predicted molar refractivity (Wildman–Crippen MR) is 81.8 cm³/mol. The molecule has 2 rings (SSSR count). The standard InChI is InChI=1S/C17H21NO3/c1-3-5-6-10-16(19)15-12-13(17(20)21-4-2)14-9-7-8-11-18(14)15/h7-9,11-12H,3-6,10H2,1-2H3. The van der Waals surface area contributed by atoms with E-state index < -0.39 is 0 Å². The van der Waals surface area contributed by atoms with Crippen molar-refractivity contribution >= 4 is 17.3 Å². The third kappa shape index (κ3) is 3.32. The lowest BCUT2D eigenvalue weighted by molar-refractivity contribution is 0.0529. The maximum Gasteiger partial charge on any atom is 0.340 e. The Morgan fingerprint density at radius 3 is 2.71 bits per heavy atom. The number of ketones is 1. The number of carbonyl (C=O) groups is 2. The van der Waals surface area contributed by atoms with Gasteiger partial charge in [-0.3, -0.25) is 4.79 Å². The molecule has 2 heterocycles. The van der Waals surface area contributed by atoms with Crippen molar-refractivity contribution in [2.45, 2.75) is 39.5 Å². The number of fused-ring (bicyclic) bond motifs is 1. The van der Waals surface area contributed by atoms with Crippen LogP contribution in [-0.4, -0.2) is 22.8 Å². The molecule has 0 aliphatic rings. The van der Waals surface area contributed by atoms with Gasteiger partial charge in [-0.2, -0.15) is 0 Å². The summed E-state index contributed by atoms with van der Waals surface area (Å²) in [7, 11) is 0. The van der Waals surface area contributed by atoms with Gasteiger partial charge in [0.1, 0.15) is 0 Å². The van der Waals surface area contributed by atoms with E-state index in [1.54, 1.807) is 17.4 Å². The average Bonchev–Trinajstić information content (AvgIpc) is 2.87. The first kappa shape index (κ1) is 15.3. The summed E-state index contributed by atoms with van der Waals surface area (Å²) in [6.07, 6.45) is 5.32. The van der Waals surface area contributed by atoms with Crippen molar-refractivity contribution in [3.63, 3.8) is 0 Å². The molecule has 0 fully saturated rings. The number of carbonyl (C=O) groups excluding carboxylic acids is 2. The number of esters is 1. The van der Waals surface area contributed by atoms with Gasteiger partial charge in [0.25, 0.3) is 0 Å². The molecule has 0 aliphatic carbocycles. The first-order valence-electron chi connectivity index (χ1n) is 7.49. The number of ether oxygens (including phenoxy) is 1. The zero-order valence-electron chi connectivity index (χ0n) is 12.6. The highest BCUT2D eigenvalue weighted by molar-refractivity contribution is 6.03. The molecule has 0 radical (unpaired) electrons. The summed E-state index contributed by atoms with van der Waals surface area (Å²) in [5, 5.41) is 0. The highest BCUT2D eigenvalue weighted by Crippen LogP contribution is 2.20. The van der Waals surface area contributed by atoms with E-state index in [-0.39, 0.29) is 11.8 Å². The summed E-state index contributed by atoms with van der Waals surface area (Å²) < 4.78 is 6.84. The fraction of sp³-hybridized carbons (Fsp3) is 0.412. The summed E-state index contributed by atoms with van der Waals surface area (Å²) in [5.41, 5.74) is 1.73. The van der Waals surface area contributed by atoms with Gasteiger partial charge in [0.2, 0.25) is 0 Å². The van der Waals surface area contributed by atoms with Crippen LogP contribution in [0.2, 0.25) is 0 Å². The van der Waals surface area contributed by atoms with Crippen molar-refractivity contribution in [1.29, 1.82) is 0 Å². The number of hydrogen-bond donors (Lipinski definition) is 0. The van der Waals surface area contributed by atoms with Gasteiger partial charge in [-0.25, -0.2) is 4.79 Å². The van der Waals surface area contributed by atoms with E-state index in [2.05, 4.69) is 6.92 Å². The molecule has 0 bridgehead atoms. The molecule has 0 amide bonds. The molecule has 0 atom stereocenters. The minimum absolute atomic E-state index is 0.0696. The average molecular weight is 287 g/mol. The van der Waals surface area contributed by atoms with Gasteiger partial charge in [-0.1, -0.05) is 25.8 Å². The quantitative estimate of drug-likeness (QED) is 0.441. The van der Waals surface area contributed by atoms with Crippen molar-refractivity contribution in [2.24, 2.45) is 0 Å². The number of pyridine rings is 1. The van der Waals surface area contributed by atoms with E-state index >= 15 is 0 Å². The normalized spacial score (nSPS) is 10.8. The summed E-state index contributed by atoms with van der Waals surface area (Å²) >= 11 is 0. The number of Topliss-reactive ketones (excluding diaryl/α,β-unsaturated/α-hetero) is 1. The Labute approximate surface area is 124 Å². The summed E-state index contributed by atoms with van der Waals surface area (Å²) in [4.78, 5) is 24.4. The Kier molecular flexibility index (Phi) is 5.14. The second-order valence-electron chi connectivity index (χ2n) is 5.00. The van der Waals surface area contributed by atoms with Crippen LogP contribution in [0.3, 0.4) is 0 Å².